The van der Waals surface area contributed by atoms with Crippen molar-refractivity contribution < 1.29 is 18.0 Å². The first-order chi connectivity index (χ1) is 9.35. The van der Waals surface area contributed by atoms with Crippen molar-refractivity contribution in [1.29, 1.82) is 0 Å². The van der Waals surface area contributed by atoms with Gasteiger partial charge in [-0.3, -0.25) is 9.48 Å². The van der Waals surface area contributed by atoms with Crippen LogP contribution in [0.25, 0.3) is 0 Å². The van der Waals surface area contributed by atoms with Gasteiger partial charge in [-0.15, -0.1) is 0 Å². The van der Waals surface area contributed by atoms with Crippen LogP contribution in [0.5, 0.6) is 0 Å². The molecule has 2 rings (SSSR count). The molecular formula is C13H12F3N3O. The minimum Gasteiger partial charge on any atom is -0.319 e. The summed E-state index contributed by atoms with van der Waals surface area (Å²) in [5.74, 6) is -0.380. The summed E-state index contributed by atoms with van der Waals surface area (Å²) in [6.07, 6.45) is -2.02. The van der Waals surface area contributed by atoms with Crippen molar-refractivity contribution in [2.45, 2.75) is 19.6 Å². The van der Waals surface area contributed by atoms with Gasteiger partial charge >= 0.3 is 6.18 Å². The average Bonchev–Trinajstić information content (AvgIpc) is 2.74. The molecule has 2 aromatic rings. The standard InChI is InChI=1S/C13H12F3N3O/c1-9-4-2-3-5-11(9)12(20)18-10-6-17-19(7-10)8-13(14,15)16/h2-7H,8H2,1H3,(H,18,20). The Bertz CT molecular complexity index is 619. The molecule has 0 atom stereocenters. The van der Waals surface area contributed by atoms with Gasteiger partial charge < -0.3 is 5.32 Å². The van der Waals surface area contributed by atoms with Crippen LogP contribution < -0.4 is 5.32 Å². The molecule has 0 saturated carbocycles. The van der Waals surface area contributed by atoms with Gasteiger partial charge in [-0.2, -0.15) is 18.3 Å². The van der Waals surface area contributed by atoms with Gasteiger partial charge in [0.25, 0.3) is 5.91 Å². The second-order valence-electron chi connectivity index (χ2n) is 4.31. The van der Waals surface area contributed by atoms with E-state index >= 15 is 0 Å². The van der Waals surface area contributed by atoms with Crippen LogP contribution in [0.15, 0.2) is 36.7 Å². The number of anilines is 1. The van der Waals surface area contributed by atoms with Gasteiger partial charge in [0.1, 0.15) is 6.54 Å². The van der Waals surface area contributed by atoms with E-state index in [1.54, 1.807) is 31.2 Å². The van der Waals surface area contributed by atoms with E-state index in [1.165, 1.54) is 6.20 Å². The van der Waals surface area contributed by atoms with Crippen LogP contribution >= 0.6 is 0 Å². The van der Waals surface area contributed by atoms with Gasteiger partial charge in [0.05, 0.1) is 11.9 Å². The summed E-state index contributed by atoms with van der Waals surface area (Å²) < 4.78 is 37.3. The van der Waals surface area contributed by atoms with Gasteiger partial charge in [0.15, 0.2) is 0 Å². The third-order valence-corrected chi connectivity index (χ3v) is 2.62. The highest BCUT2D eigenvalue weighted by Crippen LogP contribution is 2.18. The molecule has 0 aliphatic heterocycles. The second kappa shape index (κ2) is 5.36. The molecule has 20 heavy (non-hydrogen) atoms. The highest BCUT2D eigenvalue weighted by atomic mass is 19.4. The maximum atomic E-state index is 12.2. The molecule has 0 saturated heterocycles. The first-order valence-corrected chi connectivity index (χ1v) is 5.81. The average molecular weight is 283 g/mol. The van der Waals surface area contributed by atoms with Gasteiger partial charge in [0.2, 0.25) is 0 Å². The number of hydrogen-bond donors (Lipinski definition) is 1. The first kappa shape index (κ1) is 14.1. The molecule has 0 fully saturated rings. The quantitative estimate of drug-likeness (QED) is 0.941. The normalized spacial score (nSPS) is 11.4. The molecule has 0 unspecified atom stereocenters. The summed E-state index contributed by atoms with van der Waals surface area (Å²) in [6, 6.07) is 6.94. The lowest BCUT2D eigenvalue weighted by Gasteiger charge is -2.06. The summed E-state index contributed by atoms with van der Waals surface area (Å²) in [4.78, 5) is 12.0. The largest absolute Gasteiger partial charge is 0.408 e. The van der Waals surface area contributed by atoms with Gasteiger partial charge in [-0.1, -0.05) is 18.2 Å². The minimum atomic E-state index is -4.34. The zero-order valence-corrected chi connectivity index (χ0v) is 10.6. The van der Waals surface area contributed by atoms with E-state index < -0.39 is 12.7 Å². The molecule has 106 valence electrons. The number of carbonyl (C=O) groups excluding carboxylic acids is 1. The Morgan fingerprint density at radius 3 is 2.70 bits per heavy atom. The highest BCUT2D eigenvalue weighted by molar-refractivity contribution is 6.05. The fraction of sp³-hybridized carbons (Fsp3) is 0.231. The van der Waals surface area contributed by atoms with Crippen LogP contribution in [0, 0.1) is 6.92 Å². The van der Waals surface area contributed by atoms with Gasteiger partial charge in [-0.05, 0) is 18.6 Å². The zero-order valence-electron chi connectivity index (χ0n) is 10.6. The van der Waals surface area contributed by atoms with Crippen molar-refractivity contribution in [2.24, 2.45) is 0 Å². The van der Waals surface area contributed by atoms with E-state index in [2.05, 4.69) is 10.4 Å². The third kappa shape index (κ3) is 3.59. The van der Waals surface area contributed by atoms with E-state index in [0.29, 0.717) is 5.56 Å². The van der Waals surface area contributed by atoms with Crippen LogP contribution in [-0.4, -0.2) is 21.9 Å². The number of amides is 1. The Morgan fingerprint density at radius 2 is 2.05 bits per heavy atom. The van der Waals surface area contributed by atoms with Crippen molar-refractivity contribution in [2.75, 3.05) is 5.32 Å². The molecule has 0 radical (unpaired) electrons. The molecule has 1 aromatic heterocycles. The molecule has 7 heteroatoms. The number of rotatable bonds is 3. The molecule has 1 amide bonds. The van der Waals surface area contributed by atoms with Crippen molar-refractivity contribution in [3.05, 3.63) is 47.8 Å². The number of aromatic nitrogens is 2. The van der Waals surface area contributed by atoms with E-state index in [1.807, 2.05) is 0 Å². The van der Waals surface area contributed by atoms with Gasteiger partial charge in [0, 0.05) is 11.8 Å². The number of aryl methyl sites for hydroxylation is 1. The minimum absolute atomic E-state index is 0.225. The number of halogens is 3. The maximum absolute atomic E-state index is 12.2. The second-order valence-corrected chi connectivity index (χ2v) is 4.31. The Morgan fingerprint density at radius 1 is 1.35 bits per heavy atom. The van der Waals surface area contributed by atoms with Gasteiger partial charge in [-0.25, -0.2) is 0 Å². The molecule has 0 aliphatic rings. The smallest absolute Gasteiger partial charge is 0.319 e. The van der Waals surface area contributed by atoms with Crippen LogP contribution in [-0.2, 0) is 6.54 Å². The Labute approximate surface area is 113 Å². The monoisotopic (exact) mass is 283 g/mol. The summed E-state index contributed by atoms with van der Waals surface area (Å²) in [5, 5.41) is 6.07. The summed E-state index contributed by atoms with van der Waals surface area (Å²) in [7, 11) is 0. The molecule has 1 heterocycles. The van der Waals surface area contributed by atoms with Crippen LogP contribution in [0.3, 0.4) is 0 Å². The first-order valence-electron chi connectivity index (χ1n) is 5.81. The van der Waals surface area contributed by atoms with E-state index in [-0.39, 0.29) is 11.6 Å². The van der Waals surface area contributed by atoms with Crippen molar-refractivity contribution in [3.8, 4) is 0 Å². The maximum Gasteiger partial charge on any atom is 0.408 e. The van der Waals surface area contributed by atoms with Crippen molar-refractivity contribution in [1.82, 2.24) is 9.78 Å². The Hall–Kier alpha value is -2.31. The highest BCUT2D eigenvalue weighted by Gasteiger charge is 2.28. The van der Waals surface area contributed by atoms with Crippen LogP contribution in [0.1, 0.15) is 15.9 Å². The lowest BCUT2D eigenvalue weighted by molar-refractivity contribution is -0.142. The molecular weight excluding hydrogens is 271 g/mol. The van der Waals surface area contributed by atoms with Crippen LogP contribution in [0.4, 0.5) is 18.9 Å². The molecule has 1 N–H and O–H groups in total. The summed E-state index contributed by atoms with van der Waals surface area (Å²) in [6.45, 7) is 0.592. The number of nitrogens with zero attached hydrogens (tertiary/aromatic N) is 2. The van der Waals surface area contributed by atoms with Crippen molar-refractivity contribution in [3.63, 3.8) is 0 Å². The lowest BCUT2D eigenvalue weighted by Crippen LogP contribution is -2.18. The number of carbonyl (C=O) groups is 1. The molecule has 0 spiro atoms. The SMILES string of the molecule is Cc1ccccc1C(=O)Nc1cnn(CC(F)(F)F)c1. The molecule has 4 nitrogen and oxygen atoms in total. The van der Waals surface area contributed by atoms with Crippen LogP contribution in [0.2, 0.25) is 0 Å². The number of benzene rings is 1. The fourth-order valence-electron chi connectivity index (χ4n) is 1.72. The Balaban J connectivity index is 2.08. The number of nitrogens with one attached hydrogen (secondary N) is 1. The topological polar surface area (TPSA) is 46.9 Å². The number of hydrogen-bond acceptors (Lipinski definition) is 2. The predicted octanol–water partition coefficient (Wildman–Crippen LogP) is 3.01. The fourth-order valence-corrected chi connectivity index (χ4v) is 1.72. The molecule has 0 bridgehead atoms. The summed E-state index contributed by atoms with van der Waals surface area (Å²) >= 11 is 0. The number of alkyl halides is 3. The lowest BCUT2D eigenvalue weighted by atomic mass is 10.1. The molecule has 0 aliphatic carbocycles. The van der Waals surface area contributed by atoms with E-state index in [0.717, 1.165) is 16.4 Å². The zero-order chi connectivity index (χ0) is 14.8. The predicted molar refractivity (Wildman–Crippen MR) is 67.4 cm³/mol. The third-order valence-electron chi connectivity index (χ3n) is 2.62. The molecule has 1 aromatic carbocycles. The Kier molecular flexibility index (Phi) is 3.78. The van der Waals surface area contributed by atoms with Crippen molar-refractivity contribution >= 4 is 11.6 Å². The van der Waals surface area contributed by atoms with E-state index in [9.17, 15) is 18.0 Å². The summed E-state index contributed by atoms with van der Waals surface area (Å²) in [5.41, 5.74) is 1.48. The van der Waals surface area contributed by atoms with E-state index in [4.69, 9.17) is 0 Å².